The third kappa shape index (κ3) is 20.4. The van der Waals surface area contributed by atoms with Crippen LogP contribution >= 0.6 is 12.4 Å². The Bertz CT molecular complexity index is 230. The minimum absolute atomic E-state index is 0. The molecule has 0 aliphatic rings. The highest BCUT2D eigenvalue weighted by molar-refractivity contribution is 5.85. The molecule has 0 fully saturated rings. The van der Waals surface area contributed by atoms with Crippen LogP contribution in [0.25, 0.3) is 0 Å². The molecule has 0 N–H and O–H groups in total. The average molecular weight is 376 g/mol. The second kappa shape index (κ2) is 22.3. The summed E-state index contributed by atoms with van der Waals surface area (Å²) in [4.78, 5) is 2.47. The van der Waals surface area contributed by atoms with Gasteiger partial charge in [0.25, 0.3) is 0 Å². The van der Waals surface area contributed by atoms with E-state index in [1.165, 1.54) is 116 Å². The molecule has 2 heteroatoms. The zero-order valence-corrected chi connectivity index (χ0v) is 19.0. The van der Waals surface area contributed by atoms with E-state index < -0.39 is 0 Å². The fourth-order valence-corrected chi connectivity index (χ4v) is 3.69. The molecule has 0 radical (unpaired) electrons. The number of rotatable bonds is 19. The Morgan fingerprint density at radius 2 is 0.760 bits per heavy atom. The summed E-state index contributed by atoms with van der Waals surface area (Å²) in [5.74, 6) is 0. The monoisotopic (exact) mass is 375 g/mol. The van der Waals surface area contributed by atoms with Crippen molar-refractivity contribution in [3.8, 4) is 0 Å². The van der Waals surface area contributed by atoms with Gasteiger partial charge in [-0.3, -0.25) is 0 Å². The van der Waals surface area contributed by atoms with Crippen LogP contribution in [-0.2, 0) is 0 Å². The molecule has 0 heterocycles. The van der Waals surface area contributed by atoms with Crippen LogP contribution in [0, 0.1) is 0 Å². The summed E-state index contributed by atoms with van der Waals surface area (Å²) in [5, 5.41) is 0. The molecule has 0 aliphatic carbocycles. The van der Waals surface area contributed by atoms with Gasteiger partial charge in [-0.15, -0.1) is 12.4 Å². The normalized spacial score (nSPS) is 12.4. The van der Waals surface area contributed by atoms with Crippen molar-refractivity contribution in [1.29, 1.82) is 0 Å². The zero-order valence-electron chi connectivity index (χ0n) is 18.2. The average Bonchev–Trinajstić information content (AvgIpc) is 2.57. The summed E-state index contributed by atoms with van der Waals surface area (Å²) in [6.45, 7) is 4.60. The van der Waals surface area contributed by atoms with Crippen molar-refractivity contribution in [1.82, 2.24) is 4.90 Å². The highest BCUT2D eigenvalue weighted by Crippen LogP contribution is 2.17. The molecular formula is C23H50ClN. The largest absolute Gasteiger partial charge is 0.306 e. The summed E-state index contributed by atoms with van der Waals surface area (Å²) in [7, 11) is 4.55. The van der Waals surface area contributed by atoms with Crippen LogP contribution in [0.4, 0.5) is 0 Å². The number of unbranched alkanes of at least 4 members (excludes halogenated alkanes) is 14. The molecule has 154 valence electrons. The fraction of sp³-hybridized carbons (Fsp3) is 1.00. The third-order valence-corrected chi connectivity index (χ3v) is 5.51. The third-order valence-electron chi connectivity index (χ3n) is 5.51. The number of nitrogens with zero attached hydrogens (tertiary/aromatic N) is 1. The van der Waals surface area contributed by atoms with E-state index in [9.17, 15) is 0 Å². The zero-order chi connectivity index (χ0) is 17.9. The lowest BCUT2D eigenvalue weighted by Crippen LogP contribution is -2.27. The smallest absolute Gasteiger partial charge is 0.00891 e. The quantitative estimate of drug-likeness (QED) is 0.205. The van der Waals surface area contributed by atoms with Gasteiger partial charge in [-0.1, -0.05) is 117 Å². The van der Waals surface area contributed by atoms with E-state index in [-0.39, 0.29) is 12.4 Å². The lowest BCUT2D eigenvalue weighted by molar-refractivity contribution is 0.251. The molecule has 0 saturated heterocycles. The van der Waals surface area contributed by atoms with E-state index in [2.05, 4.69) is 32.8 Å². The van der Waals surface area contributed by atoms with Gasteiger partial charge in [-0.2, -0.15) is 0 Å². The second-order valence-electron chi connectivity index (χ2n) is 8.14. The van der Waals surface area contributed by atoms with Crippen molar-refractivity contribution in [3.63, 3.8) is 0 Å². The van der Waals surface area contributed by atoms with Crippen molar-refractivity contribution in [2.24, 2.45) is 0 Å². The van der Waals surface area contributed by atoms with Gasteiger partial charge in [0, 0.05) is 6.04 Å². The van der Waals surface area contributed by atoms with Gasteiger partial charge in [0.2, 0.25) is 0 Å². The van der Waals surface area contributed by atoms with Crippen LogP contribution in [0.15, 0.2) is 0 Å². The van der Waals surface area contributed by atoms with Crippen molar-refractivity contribution < 1.29 is 0 Å². The number of hydrogen-bond acceptors (Lipinski definition) is 1. The Hall–Kier alpha value is 0.250. The number of hydrogen-bond donors (Lipinski definition) is 0. The Kier molecular flexibility index (Phi) is 24.5. The van der Waals surface area contributed by atoms with Crippen LogP contribution in [0.2, 0.25) is 0 Å². The molecule has 1 atom stereocenters. The van der Waals surface area contributed by atoms with Crippen LogP contribution in [0.5, 0.6) is 0 Å². The molecular weight excluding hydrogens is 326 g/mol. The summed E-state index contributed by atoms with van der Waals surface area (Å²) in [6, 6.07) is 0.824. The molecule has 0 aromatic rings. The first-order valence-electron chi connectivity index (χ1n) is 11.4. The molecule has 25 heavy (non-hydrogen) atoms. The van der Waals surface area contributed by atoms with Crippen molar-refractivity contribution in [2.75, 3.05) is 14.1 Å². The number of halogens is 1. The van der Waals surface area contributed by atoms with E-state index in [1.54, 1.807) is 0 Å². The fourth-order valence-electron chi connectivity index (χ4n) is 3.69. The molecule has 0 saturated carbocycles. The molecule has 0 spiro atoms. The molecule has 0 aromatic carbocycles. The van der Waals surface area contributed by atoms with Crippen LogP contribution < -0.4 is 0 Å². The lowest BCUT2D eigenvalue weighted by atomic mass is 9.99. The Morgan fingerprint density at radius 3 is 1.04 bits per heavy atom. The summed E-state index contributed by atoms with van der Waals surface area (Å²) >= 11 is 0. The van der Waals surface area contributed by atoms with Crippen LogP contribution in [0.3, 0.4) is 0 Å². The van der Waals surface area contributed by atoms with Crippen LogP contribution in [0.1, 0.15) is 129 Å². The van der Waals surface area contributed by atoms with Crippen molar-refractivity contribution >= 4 is 12.4 Å². The van der Waals surface area contributed by atoms with Gasteiger partial charge in [0.1, 0.15) is 0 Å². The molecule has 0 aliphatic heterocycles. The van der Waals surface area contributed by atoms with E-state index in [0.717, 1.165) is 6.04 Å². The van der Waals surface area contributed by atoms with Gasteiger partial charge in [-0.05, 0) is 26.9 Å². The van der Waals surface area contributed by atoms with Crippen LogP contribution in [-0.4, -0.2) is 25.0 Å². The first-order chi connectivity index (χ1) is 11.7. The molecule has 0 bridgehead atoms. The Labute approximate surface area is 167 Å². The SMILES string of the molecule is CCCCCCCCCCCC(CCCCCCCCC)N(C)C.Cl. The van der Waals surface area contributed by atoms with Crippen molar-refractivity contribution in [3.05, 3.63) is 0 Å². The maximum Gasteiger partial charge on any atom is 0.00891 e. The predicted octanol–water partition coefficient (Wildman–Crippen LogP) is 8.40. The van der Waals surface area contributed by atoms with E-state index >= 15 is 0 Å². The van der Waals surface area contributed by atoms with Gasteiger partial charge < -0.3 is 4.90 Å². The second-order valence-corrected chi connectivity index (χ2v) is 8.14. The van der Waals surface area contributed by atoms with Gasteiger partial charge in [0.05, 0.1) is 0 Å². The predicted molar refractivity (Wildman–Crippen MR) is 119 cm³/mol. The lowest BCUT2D eigenvalue weighted by Gasteiger charge is -2.24. The Morgan fingerprint density at radius 1 is 0.480 bits per heavy atom. The van der Waals surface area contributed by atoms with Gasteiger partial charge in [0.15, 0.2) is 0 Å². The summed E-state index contributed by atoms with van der Waals surface area (Å²) < 4.78 is 0. The first-order valence-corrected chi connectivity index (χ1v) is 11.4. The van der Waals surface area contributed by atoms with Crippen molar-refractivity contribution in [2.45, 2.75) is 135 Å². The highest BCUT2D eigenvalue weighted by Gasteiger charge is 2.10. The van der Waals surface area contributed by atoms with E-state index in [0.29, 0.717) is 0 Å². The van der Waals surface area contributed by atoms with E-state index in [1.807, 2.05) is 0 Å². The molecule has 0 amide bonds. The highest BCUT2D eigenvalue weighted by atomic mass is 35.5. The summed E-state index contributed by atoms with van der Waals surface area (Å²) in [6.07, 6.45) is 25.9. The topological polar surface area (TPSA) is 3.24 Å². The minimum atomic E-state index is 0. The Balaban J connectivity index is 0. The van der Waals surface area contributed by atoms with Gasteiger partial charge in [-0.25, -0.2) is 0 Å². The first kappa shape index (κ1) is 27.5. The molecule has 0 aromatic heterocycles. The standard InChI is InChI=1S/C23H49N.ClH/c1-5-7-9-11-13-14-16-18-20-22-23(24(3)4)21-19-17-15-12-10-8-6-2;/h23H,5-22H2,1-4H3;1H. The summed E-state index contributed by atoms with van der Waals surface area (Å²) in [5.41, 5.74) is 0. The maximum absolute atomic E-state index is 2.47. The molecule has 1 nitrogen and oxygen atoms in total. The minimum Gasteiger partial charge on any atom is -0.306 e. The molecule has 1 unspecified atom stereocenters. The van der Waals surface area contributed by atoms with E-state index in [4.69, 9.17) is 0 Å². The van der Waals surface area contributed by atoms with Gasteiger partial charge >= 0.3 is 0 Å². The maximum atomic E-state index is 2.47. The molecule has 0 rings (SSSR count).